The maximum atomic E-state index is 13.2. The number of methoxy groups -OCH3 is 1. The number of ether oxygens (including phenoxy) is 1. The van der Waals surface area contributed by atoms with Crippen LogP contribution in [-0.2, 0) is 9.59 Å². The van der Waals surface area contributed by atoms with Gasteiger partial charge >= 0.3 is 0 Å². The number of nitrogens with zero attached hydrogens (tertiary/aromatic N) is 1. The highest BCUT2D eigenvalue weighted by Gasteiger charge is 2.47. The van der Waals surface area contributed by atoms with Crippen LogP contribution in [0.25, 0.3) is 5.76 Å². The summed E-state index contributed by atoms with van der Waals surface area (Å²) in [5.74, 6) is -1.50. The molecule has 0 aliphatic carbocycles. The summed E-state index contributed by atoms with van der Waals surface area (Å²) in [4.78, 5) is 27.7. The van der Waals surface area contributed by atoms with Gasteiger partial charge in [0, 0.05) is 5.69 Å². The van der Waals surface area contributed by atoms with E-state index in [-0.39, 0.29) is 16.4 Å². The number of aryl methyl sites for hydroxylation is 1. The standard InChI is InChI=1S/C25H19Cl2NO4/c1-14-7-10-16(11-8-14)28-22(15-9-12-18(26)19(27)13-15)21(24(30)25(28)31)23(29)17-5-3-4-6-20(17)32-2/h3-13,22,29H,1-2H3/b23-21-. The number of benzene rings is 3. The van der Waals surface area contributed by atoms with Gasteiger partial charge in [0.15, 0.2) is 0 Å². The fourth-order valence-electron chi connectivity index (χ4n) is 3.79. The number of hydrogen-bond donors (Lipinski definition) is 1. The number of carbonyl (C=O) groups is 2. The molecule has 1 N–H and O–H groups in total. The number of amides is 1. The first kappa shape index (κ1) is 21.9. The Morgan fingerprint density at radius 1 is 0.969 bits per heavy atom. The summed E-state index contributed by atoms with van der Waals surface area (Å²) in [6, 6.07) is 17.9. The molecule has 1 saturated heterocycles. The van der Waals surface area contributed by atoms with Gasteiger partial charge in [-0.3, -0.25) is 14.5 Å². The molecule has 0 spiro atoms. The Kier molecular flexibility index (Phi) is 5.96. The lowest BCUT2D eigenvalue weighted by molar-refractivity contribution is -0.132. The van der Waals surface area contributed by atoms with Crippen LogP contribution in [0.4, 0.5) is 5.69 Å². The molecule has 1 aliphatic heterocycles. The second-order valence-corrected chi connectivity index (χ2v) is 8.19. The van der Waals surface area contributed by atoms with Gasteiger partial charge in [0.25, 0.3) is 11.7 Å². The largest absolute Gasteiger partial charge is 0.507 e. The predicted molar refractivity (Wildman–Crippen MR) is 125 cm³/mol. The molecule has 1 atom stereocenters. The maximum absolute atomic E-state index is 13.2. The molecule has 1 fully saturated rings. The van der Waals surface area contributed by atoms with Crippen LogP contribution in [0.5, 0.6) is 5.75 Å². The van der Waals surface area contributed by atoms with Crippen LogP contribution in [0.1, 0.15) is 22.7 Å². The van der Waals surface area contributed by atoms with Crippen molar-refractivity contribution in [2.45, 2.75) is 13.0 Å². The number of aliphatic hydroxyl groups excluding tert-OH is 1. The lowest BCUT2D eigenvalue weighted by atomic mass is 9.95. The summed E-state index contributed by atoms with van der Waals surface area (Å²) < 4.78 is 5.35. The zero-order chi connectivity index (χ0) is 23.0. The van der Waals surface area contributed by atoms with Gasteiger partial charge in [0.05, 0.1) is 34.3 Å². The highest BCUT2D eigenvalue weighted by atomic mass is 35.5. The number of Topliss-reactive ketones (excluding diaryl/α,β-unsaturated/α-hetero) is 1. The number of hydrogen-bond acceptors (Lipinski definition) is 4. The number of aliphatic hydroxyl groups is 1. The molecular formula is C25H19Cl2NO4. The van der Waals surface area contributed by atoms with E-state index < -0.39 is 17.7 Å². The first-order valence-corrected chi connectivity index (χ1v) is 10.5. The topological polar surface area (TPSA) is 66.8 Å². The molecule has 162 valence electrons. The molecule has 7 heteroatoms. The summed E-state index contributed by atoms with van der Waals surface area (Å²) in [5, 5.41) is 11.8. The molecule has 1 aliphatic rings. The van der Waals surface area contributed by atoms with E-state index in [9.17, 15) is 14.7 Å². The van der Waals surface area contributed by atoms with Gasteiger partial charge in [-0.05, 0) is 48.9 Å². The molecule has 32 heavy (non-hydrogen) atoms. The second kappa shape index (κ2) is 8.69. The molecule has 1 heterocycles. The van der Waals surface area contributed by atoms with Crippen molar-refractivity contribution >= 4 is 46.3 Å². The number of halogens is 2. The van der Waals surface area contributed by atoms with E-state index in [2.05, 4.69) is 0 Å². The normalized spacial score (nSPS) is 17.6. The van der Waals surface area contributed by atoms with Crippen molar-refractivity contribution in [2.24, 2.45) is 0 Å². The molecule has 5 nitrogen and oxygen atoms in total. The summed E-state index contributed by atoms with van der Waals surface area (Å²) in [5.41, 5.74) is 2.31. The van der Waals surface area contributed by atoms with Gasteiger partial charge in [0.2, 0.25) is 0 Å². The van der Waals surface area contributed by atoms with Gasteiger partial charge in [-0.1, -0.05) is 59.1 Å². The number of para-hydroxylation sites is 1. The van der Waals surface area contributed by atoms with Crippen molar-refractivity contribution < 1.29 is 19.4 Å². The van der Waals surface area contributed by atoms with E-state index in [4.69, 9.17) is 27.9 Å². The summed E-state index contributed by atoms with van der Waals surface area (Å²) in [6.07, 6.45) is 0. The second-order valence-electron chi connectivity index (χ2n) is 7.38. The van der Waals surface area contributed by atoms with Crippen molar-refractivity contribution in [2.75, 3.05) is 12.0 Å². The third kappa shape index (κ3) is 3.74. The Morgan fingerprint density at radius 3 is 2.31 bits per heavy atom. The van der Waals surface area contributed by atoms with Crippen LogP contribution in [0.3, 0.4) is 0 Å². The van der Waals surface area contributed by atoms with Crippen LogP contribution in [0.2, 0.25) is 10.0 Å². The Balaban J connectivity index is 1.99. The number of carbonyl (C=O) groups excluding carboxylic acids is 2. The zero-order valence-electron chi connectivity index (χ0n) is 17.3. The maximum Gasteiger partial charge on any atom is 0.300 e. The molecule has 3 aromatic carbocycles. The minimum atomic E-state index is -0.905. The number of rotatable bonds is 4. The molecule has 3 aromatic rings. The van der Waals surface area contributed by atoms with Gasteiger partial charge in [0.1, 0.15) is 11.5 Å². The van der Waals surface area contributed by atoms with Gasteiger partial charge < -0.3 is 9.84 Å². The van der Waals surface area contributed by atoms with E-state index in [1.165, 1.54) is 12.0 Å². The summed E-state index contributed by atoms with van der Waals surface area (Å²) in [7, 11) is 1.47. The van der Waals surface area contributed by atoms with E-state index in [1.807, 2.05) is 19.1 Å². The summed E-state index contributed by atoms with van der Waals surface area (Å²) in [6.45, 7) is 1.93. The molecule has 1 unspecified atom stereocenters. The Hall–Kier alpha value is -3.28. The van der Waals surface area contributed by atoms with Gasteiger partial charge in [-0.25, -0.2) is 0 Å². The van der Waals surface area contributed by atoms with E-state index >= 15 is 0 Å². The van der Waals surface area contributed by atoms with E-state index in [0.717, 1.165) is 5.56 Å². The molecule has 0 aromatic heterocycles. The average Bonchev–Trinajstić information content (AvgIpc) is 3.06. The lowest BCUT2D eigenvalue weighted by Crippen LogP contribution is -2.29. The minimum Gasteiger partial charge on any atom is -0.507 e. The zero-order valence-corrected chi connectivity index (χ0v) is 18.8. The van der Waals surface area contributed by atoms with Crippen LogP contribution >= 0.6 is 23.2 Å². The smallest absolute Gasteiger partial charge is 0.300 e. The molecule has 0 bridgehead atoms. The molecular weight excluding hydrogens is 449 g/mol. The Labute approximate surface area is 195 Å². The fourth-order valence-corrected chi connectivity index (χ4v) is 4.09. The Morgan fingerprint density at radius 2 is 1.66 bits per heavy atom. The van der Waals surface area contributed by atoms with Crippen molar-refractivity contribution in [3.63, 3.8) is 0 Å². The lowest BCUT2D eigenvalue weighted by Gasteiger charge is -2.26. The third-order valence-electron chi connectivity index (χ3n) is 5.38. The first-order valence-electron chi connectivity index (χ1n) is 9.79. The molecule has 1 amide bonds. The van der Waals surface area contributed by atoms with Crippen molar-refractivity contribution in [1.82, 2.24) is 0 Å². The number of ketones is 1. The fraction of sp³-hybridized carbons (Fsp3) is 0.120. The van der Waals surface area contributed by atoms with E-state index in [0.29, 0.717) is 27.6 Å². The van der Waals surface area contributed by atoms with Gasteiger partial charge in [-0.15, -0.1) is 0 Å². The minimum absolute atomic E-state index is 0.0570. The third-order valence-corrected chi connectivity index (χ3v) is 6.12. The predicted octanol–water partition coefficient (Wildman–Crippen LogP) is 5.94. The average molecular weight is 468 g/mol. The first-order chi connectivity index (χ1) is 15.3. The van der Waals surface area contributed by atoms with Crippen molar-refractivity contribution in [3.05, 3.63) is 99.0 Å². The highest BCUT2D eigenvalue weighted by molar-refractivity contribution is 6.52. The van der Waals surface area contributed by atoms with Gasteiger partial charge in [-0.2, -0.15) is 0 Å². The monoisotopic (exact) mass is 467 g/mol. The highest BCUT2D eigenvalue weighted by Crippen LogP contribution is 2.44. The van der Waals surface area contributed by atoms with Crippen LogP contribution in [0.15, 0.2) is 72.3 Å². The van der Waals surface area contributed by atoms with E-state index in [1.54, 1.807) is 54.6 Å². The molecule has 0 saturated carbocycles. The van der Waals surface area contributed by atoms with Crippen molar-refractivity contribution in [3.8, 4) is 5.75 Å². The Bertz CT molecular complexity index is 1250. The van der Waals surface area contributed by atoms with Crippen LogP contribution in [-0.4, -0.2) is 23.9 Å². The molecule has 4 rings (SSSR count). The number of anilines is 1. The van der Waals surface area contributed by atoms with Crippen LogP contribution in [0, 0.1) is 6.92 Å². The van der Waals surface area contributed by atoms with Crippen LogP contribution < -0.4 is 9.64 Å². The summed E-state index contributed by atoms with van der Waals surface area (Å²) >= 11 is 12.3. The van der Waals surface area contributed by atoms with Crippen molar-refractivity contribution in [1.29, 1.82) is 0 Å². The quantitative estimate of drug-likeness (QED) is 0.293. The molecule has 0 radical (unpaired) electrons. The SMILES string of the molecule is COc1ccccc1/C(O)=C1/C(=O)C(=O)N(c2ccc(C)cc2)C1c1ccc(Cl)c(Cl)c1.